The van der Waals surface area contributed by atoms with E-state index in [9.17, 15) is 9.59 Å². The molecule has 0 unspecified atom stereocenters. The summed E-state index contributed by atoms with van der Waals surface area (Å²) in [6, 6.07) is 4.79. The van der Waals surface area contributed by atoms with E-state index in [2.05, 4.69) is 25.2 Å². The number of anilines is 2. The number of amides is 1. The van der Waals surface area contributed by atoms with Gasteiger partial charge in [-0.3, -0.25) is 9.59 Å². The second-order valence-corrected chi connectivity index (χ2v) is 4.82. The Balaban J connectivity index is 1.79. The first-order chi connectivity index (χ1) is 10.2. The van der Waals surface area contributed by atoms with Gasteiger partial charge in [0.1, 0.15) is 23.5 Å². The summed E-state index contributed by atoms with van der Waals surface area (Å²) in [5, 5.41) is 2.63. The molecule has 3 rings (SSSR count). The Labute approximate surface area is 121 Å². The van der Waals surface area contributed by atoms with Crippen molar-refractivity contribution in [1.29, 1.82) is 0 Å². The molecular weight excluding hydrogens is 270 g/mol. The molecule has 0 bridgehead atoms. The maximum Gasteiger partial charge on any atom is 0.262 e. The fourth-order valence-corrected chi connectivity index (χ4v) is 2.32. The topological polar surface area (TPSA) is 91.0 Å². The minimum Gasteiger partial charge on any atom is -0.356 e. The third kappa shape index (κ3) is 2.91. The van der Waals surface area contributed by atoms with Gasteiger partial charge in [-0.25, -0.2) is 9.97 Å². The van der Waals surface area contributed by atoms with Crippen LogP contribution in [-0.4, -0.2) is 33.9 Å². The summed E-state index contributed by atoms with van der Waals surface area (Å²) < 4.78 is 0. The predicted molar refractivity (Wildman–Crippen MR) is 78.5 cm³/mol. The summed E-state index contributed by atoms with van der Waals surface area (Å²) in [7, 11) is 0. The van der Waals surface area contributed by atoms with Crippen LogP contribution in [0.15, 0.2) is 35.5 Å². The van der Waals surface area contributed by atoms with Crippen LogP contribution in [0, 0.1) is 0 Å². The van der Waals surface area contributed by atoms with E-state index in [1.54, 1.807) is 12.1 Å². The Morgan fingerprint density at radius 2 is 2.10 bits per heavy atom. The number of rotatable bonds is 3. The number of H-pyrrole nitrogens is 1. The van der Waals surface area contributed by atoms with Crippen LogP contribution in [0.2, 0.25) is 0 Å². The first-order valence-electron chi connectivity index (χ1n) is 6.80. The van der Waals surface area contributed by atoms with Crippen LogP contribution in [0.1, 0.15) is 23.2 Å². The number of pyridine rings is 1. The quantitative estimate of drug-likeness (QED) is 0.878. The number of carbonyl (C=O) groups excluding carboxylic acids is 1. The molecule has 7 nitrogen and oxygen atoms in total. The molecule has 7 heteroatoms. The molecule has 1 fully saturated rings. The molecule has 2 aromatic heterocycles. The van der Waals surface area contributed by atoms with Crippen molar-refractivity contribution in [1.82, 2.24) is 15.0 Å². The monoisotopic (exact) mass is 285 g/mol. The number of aromatic nitrogens is 3. The van der Waals surface area contributed by atoms with Crippen molar-refractivity contribution in [3.8, 4) is 0 Å². The molecule has 1 saturated heterocycles. The van der Waals surface area contributed by atoms with Crippen LogP contribution in [0.5, 0.6) is 0 Å². The molecule has 2 N–H and O–H groups in total. The van der Waals surface area contributed by atoms with E-state index in [-0.39, 0.29) is 5.56 Å². The largest absolute Gasteiger partial charge is 0.356 e. The fraction of sp³-hybridized carbons (Fsp3) is 0.286. The zero-order chi connectivity index (χ0) is 14.7. The Morgan fingerprint density at radius 3 is 2.86 bits per heavy atom. The third-order valence-electron chi connectivity index (χ3n) is 3.39. The number of carbonyl (C=O) groups is 1. The van der Waals surface area contributed by atoms with Gasteiger partial charge >= 0.3 is 0 Å². The van der Waals surface area contributed by atoms with Gasteiger partial charge in [-0.1, -0.05) is 0 Å². The first-order valence-corrected chi connectivity index (χ1v) is 6.80. The lowest BCUT2D eigenvalue weighted by Crippen LogP contribution is -2.23. The summed E-state index contributed by atoms with van der Waals surface area (Å²) in [6.07, 6.45) is 5.18. The zero-order valence-corrected chi connectivity index (χ0v) is 11.4. The van der Waals surface area contributed by atoms with Gasteiger partial charge in [0.05, 0.1) is 0 Å². The van der Waals surface area contributed by atoms with Crippen LogP contribution in [0.4, 0.5) is 11.6 Å². The Kier molecular flexibility index (Phi) is 3.63. The maximum atomic E-state index is 12.1. The highest BCUT2D eigenvalue weighted by Crippen LogP contribution is 2.19. The molecule has 0 radical (unpaired) electrons. The molecule has 21 heavy (non-hydrogen) atoms. The molecule has 1 amide bonds. The normalized spacial score (nSPS) is 14.2. The third-order valence-corrected chi connectivity index (χ3v) is 3.39. The van der Waals surface area contributed by atoms with E-state index in [4.69, 9.17) is 0 Å². The van der Waals surface area contributed by atoms with E-state index in [0.717, 1.165) is 31.7 Å². The van der Waals surface area contributed by atoms with Gasteiger partial charge in [0, 0.05) is 25.4 Å². The molecule has 2 aromatic rings. The molecule has 3 heterocycles. The van der Waals surface area contributed by atoms with Crippen LogP contribution >= 0.6 is 0 Å². The summed E-state index contributed by atoms with van der Waals surface area (Å²) in [5.41, 5.74) is -0.373. The molecule has 0 saturated carbocycles. The molecule has 1 aliphatic rings. The lowest BCUT2D eigenvalue weighted by atomic mass is 10.2. The summed E-state index contributed by atoms with van der Waals surface area (Å²) in [6.45, 7) is 1.92. The van der Waals surface area contributed by atoms with Crippen molar-refractivity contribution in [3.63, 3.8) is 0 Å². The van der Waals surface area contributed by atoms with Gasteiger partial charge in [0.25, 0.3) is 11.5 Å². The van der Waals surface area contributed by atoms with Crippen molar-refractivity contribution < 1.29 is 4.79 Å². The minimum absolute atomic E-state index is 0.0545. The number of aromatic amines is 1. The fourth-order valence-electron chi connectivity index (χ4n) is 2.32. The second kappa shape index (κ2) is 5.74. The van der Waals surface area contributed by atoms with Crippen molar-refractivity contribution in [2.24, 2.45) is 0 Å². The van der Waals surface area contributed by atoms with Crippen molar-refractivity contribution >= 4 is 17.5 Å². The highest BCUT2D eigenvalue weighted by molar-refractivity contribution is 6.03. The van der Waals surface area contributed by atoms with Crippen LogP contribution in [0.3, 0.4) is 0 Å². The molecule has 0 spiro atoms. The standard InChI is InChI=1S/C14H15N5O2/c20-13-10(4-3-5-15-13)14(21)18-11-8-12(17-9-16-11)19-6-1-2-7-19/h3-5,8-9H,1-2,6-7H2,(H,15,20)(H,16,17,18,21). The SMILES string of the molecule is O=C(Nc1cc(N2CCCC2)ncn1)c1ccc[nH]c1=O. The Bertz CT molecular complexity index is 706. The maximum absolute atomic E-state index is 12.1. The van der Waals surface area contributed by atoms with Crippen molar-refractivity contribution in [2.75, 3.05) is 23.3 Å². The number of hydrogen-bond acceptors (Lipinski definition) is 5. The summed E-state index contributed by atoms with van der Waals surface area (Å²) in [5.74, 6) is 0.697. The molecule has 0 atom stereocenters. The Hall–Kier alpha value is -2.70. The van der Waals surface area contributed by atoms with Crippen LogP contribution < -0.4 is 15.8 Å². The highest BCUT2D eigenvalue weighted by atomic mass is 16.2. The average molecular weight is 285 g/mol. The van der Waals surface area contributed by atoms with E-state index in [1.165, 1.54) is 18.6 Å². The van der Waals surface area contributed by atoms with Gasteiger partial charge in [-0.15, -0.1) is 0 Å². The number of hydrogen-bond donors (Lipinski definition) is 2. The lowest BCUT2D eigenvalue weighted by Gasteiger charge is -2.16. The van der Waals surface area contributed by atoms with E-state index in [1.807, 2.05) is 0 Å². The predicted octanol–water partition coefficient (Wildman–Crippen LogP) is 1.02. The zero-order valence-electron chi connectivity index (χ0n) is 11.4. The number of nitrogens with one attached hydrogen (secondary N) is 2. The van der Waals surface area contributed by atoms with E-state index >= 15 is 0 Å². The highest BCUT2D eigenvalue weighted by Gasteiger charge is 2.15. The molecular formula is C14H15N5O2. The average Bonchev–Trinajstić information content (AvgIpc) is 3.02. The number of nitrogens with zero attached hydrogens (tertiary/aromatic N) is 3. The van der Waals surface area contributed by atoms with Crippen LogP contribution in [0.25, 0.3) is 0 Å². The summed E-state index contributed by atoms with van der Waals surface area (Å²) in [4.78, 5) is 36.5. The second-order valence-electron chi connectivity index (χ2n) is 4.82. The van der Waals surface area contributed by atoms with Crippen molar-refractivity contribution in [3.05, 3.63) is 46.6 Å². The Morgan fingerprint density at radius 1 is 1.29 bits per heavy atom. The van der Waals surface area contributed by atoms with Gasteiger partial charge < -0.3 is 15.2 Å². The molecule has 0 aliphatic carbocycles. The molecule has 0 aromatic carbocycles. The van der Waals surface area contributed by atoms with Gasteiger partial charge in [-0.05, 0) is 25.0 Å². The summed E-state index contributed by atoms with van der Waals surface area (Å²) >= 11 is 0. The molecule has 108 valence electrons. The first kappa shape index (κ1) is 13.3. The van der Waals surface area contributed by atoms with Gasteiger partial charge in [0.2, 0.25) is 0 Å². The smallest absolute Gasteiger partial charge is 0.262 e. The minimum atomic E-state index is -0.483. The van der Waals surface area contributed by atoms with Gasteiger partial charge in [0.15, 0.2) is 0 Å². The van der Waals surface area contributed by atoms with Crippen molar-refractivity contribution in [2.45, 2.75) is 12.8 Å². The van der Waals surface area contributed by atoms with E-state index < -0.39 is 11.5 Å². The lowest BCUT2D eigenvalue weighted by molar-refractivity contribution is 0.102. The van der Waals surface area contributed by atoms with Gasteiger partial charge in [-0.2, -0.15) is 0 Å². The van der Waals surface area contributed by atoms with Crippen LogP contribution in [-0.2, 0) is 0 Å². The van der Waals surface area contributed by atoms with E-state index in [0.29, 0.717) is 5.82 Å². The molecule has 1 aliphatic heterocycles.